The molecule has 0 saturated carbocycles. The van der Waals surface area contributed by atoms with Gasteiger partial charge in [0.05, 0.1) is 5.69 Å². The van der Waals surface area contributed by atoms with Crippen molar-refractivity contribution >= 4 is 67.8 Å². The number of para-hydroxylation sites is 2. The van der Waals surface area contributed by atoms with Gasteiger partial charge in [-0.1, -0.05) is 127 Å². The Hall–Kier alpha value is -6.38. The lowest BCUT2D eigenvalue weighted by molar-refractivity contribution is 1.26. The minimum absolute atomic E-state index is 1.12. The second-order valence-corrected chi connectivity index (χ2v) is 12.9. The Balaban J connectivity index is 1.12. The minimum Gasteiger partial charge on any atom is -0.311 e. The van der Waals surface area contributed by atoms with Crippen LogP contribution in [0.5, 0.6) is 0 Å². The molecule has 0 spiro atoms. The summed E-state index contributed by atoms with van der Waals surface area (Å²) in [6.45, 7) is 4.35. The molecule has 50 heavy (non-hydrogen) atoms. The number of aryl methyl sites for hydroxylation is 2. The zero-order chi connectivity index (χ0) is 33.9. The van der Waals surface area contributed by atoms with E-state index in [9.17, 15) is 0 Å². The summed E-state index contributed by atoms with van der Waals surface area (Å²) in [4.78, 5) is 4.69. The second kappa shape index (κ2) is 13.6. The van der Waals surface area contributed by atoms with Crippen LogP contribution in [0.4, 0.5) is 34.1 Å². The van der Waals surface area contributed by atoms with Crippen LogP contribution in [0.25, 0.3) is 33.7 Å². The standard InChI is InChI=1S/C48H38N2/c1-35-31-36(2)33-44(32-35)50(48-34-39-13-9-10-18-45(39)46-19-11-12-20-47(46)48)43-29-25-38(26-30-43)22-21-37-23-27-42(28-24-37)49(40-14-5-3-6-15-40)41-16-7-4-8-17-41/h3-34H,1-2H3. The molecule has 0 aromatic heterocycles. The van der Waals surface area contributed by atoms with Gasteiger partial charge in [-0.2, -0.15) is 0 Å². The largest absolute Gasteiger partial charge is 0.311 e. The lowest BCUT2D eigenvalue weighted by Crippen LogP contribution is -2.11. The van der Waals surface area contributed by atoms with E-state index < -0.39 is 0 Å². The van der Waals surface area contributed by atoms with Crippen LogP contribution in [-0.2, 0) is 0 Å². The van der Waals surface area contributed by atoms with Crippen molar-refractivity contribution < 1.29 is 0 Å². The summed E-state index contributed by atoms with van der Waals surface area (Å²) in [5.41, 5.74) is 11.6. The fourth-order valence-corrected chi connectivity index (χ4v) is 6.99. The summed E-state index contributed by atoms with van der Waals surface area (Å²) >= 11 is 0. The Morgan fingerprint density at radius 1 is 0.340 bits per heavy atom. The van der Waals surface area contributed by atoms with Gasteiger partial charge in [-0.15, -0.1) is 0 Å². The van der Waals surface area contributed by atoms with E-state index in [1.54, 1.807) is 0 Å². The molecule has 0 heterocycles. The van der Waals surface area contributed by atoms with Crippen molar-refractivity contribution in [2.45, 2.75) is 13.8 Å². The van der Waals surface area contributed by atoms with Crippen molar-refractivity contribution in [2.24, 2.45) is 0 Å². The molecule has 8 rings (SSSR count). The number of rotatable bonds is 8. The molecule has 0 unspecified atom stereocenters. The Bertz CT molecular complexity index is 2370. The van der Waals surface area contributed by atoms with E-state index in [4.69, 9.17) is 0 Å². The van der Waals surface area contributed by atoms with Crippen LogP contribution in [0.1, 0.15) is 22.3 Å². The van der Waals surface area contributed by atoms with Gasteiger partial charge in [0.25, 0.3) is 0 Å². The van der Waals surface area contributed by atoms with E-state index in [1.807, 2.05) is 0 Å². The number of hydrogen-bond acceptors (Lipinski definition) is 2. The third-order valence-electron chi connectivity index (χ3n) is 9.25. The number of benzene rings is 8. The number of anilines is 6. The molecular weight excluding hydrogens is 605 g/mol. The zero-order valence-electron chi connectivity index (χ0n) is 28.4. The molecule has 240 valence electrons. The van der Waals surface area contributed by atoms with Crippen molar-refractivity contribution in [3.63, 3.8) is 0 Å². The van der Waals surface area contributed by atoms with Gasteiger partial charge in [0.2, 0.25) is 0 Å². The smallest absolute Gasteiger partial charge is 0.0546 e. The summed E-state index contributed by atoms with van der Waals surface area (Å²) in [5, 5.41) is 5.00. The fraction of sp³-hybridized carbons (Fsp3) is 0.0417. The molecule has 0 radical (unpaired) electrons. The van der Waals surface area contributed by atoms with Crippen molar-refractivity contribution in [3.8, 4) is 0 Å². The Kier molecular flexibility index (Phi) is 8.42. The van der Waals surface area contributed by atoms with E-state index in [1.165, 1.54) is 38.4 Å². The first-order chi connectivity index (χ1) is 24.6. The van der Waals surface area contributed by atoms with Gasteiger partial charge in [-0.25, -0.2) is 0 Å². The van der Waals surface area contributed by atoms with E-state index in [-0.39, 0.29) is 0 Å². The van der Waals surface area contributed by atoms with Crippen LogP contribution < -0.4 is 9.80 Å². The summed E-state index contributed by atoms with van der Waals surface area (Å²) in [7, 11) is 0. The Morgan fingerprint density at radius 3 is 1.34 bits per heavy atom. The van der Waals surface area contributed by atoms with E-state index in [0.29, 0.717) is 0 Å². The molecule has 0 fully saturated rings. The van der Waals surface area contributed by atoms with Crippen LogP contribution in [0.2, 0.25) is 0 Å². The van der Waals surface area contributed by atoms with Gasteiger partial charge < -0.3 is 9.80 Å². The molecule has 0 saturated heterocycles. The maximum absolute atomic E-state index is 2.41. The SMILES string of the molecule is Cc1cc(C)cc(N(c2ccc(C=Cc3ccc(N(c4ccccc4)c4ccccc4)cc3)cc2)c2cc3ccccc3c3ccccc23)c1. The highest BCUT2D eigenvalue weighted by atomic mass is 15.1. The first kappa shape index (κ1) is 30.9. The van der Waals surface area contributed by atoms with Crippen LogP contribution in [0.15, 0.2) is 182 Å². The summed E-state index contributed by atoms with van der Waals surface area (Å²) in [6.07, 6.45) is 4.38. The molecule has 0 atom stereocenters. The molecule has 8 aromatic carbocycles. The highest BCUT2D eigenvalue weighted by Gasteiger charge is 2.18. The number of hydrogen-bond donors (Lipinski definition) is 0. The monoisotopic (exact) mass is 642 g/mol. The molecule has 2 nitrogen and oxygen atoms in total. The van der Waals surface area contributed by atoms with Gasteiger partial charge in [0.15, 0.2) is 0 Å². The Labute approximate surface area is 294 Å². The fourth-order valence-electron chi connectivity index (χ4n) is 6.99. The van der Waals surface area contributed by atoms with Crippen molar-refractivity contribution in [1.29, 1.82) is 0 Å². The van der Waals surface area contributed by atoms with E-state index in [0.717, 1.165) is 39.6 Å². The molecule has 0 aliphatic heterocycles. The number of nitrogens with zero attached hydrogens (tertiary/aromatic N) is 2. The third-order valence-corrected chi connectivity index (χ3v) is 9.25. The predicted molar refractivity (Wildman–Crippen MR) is 216 cm³/mol. The summed E-state index contributed by atoms with van der Waals surface area (Å²) < 4.78 is 0. The molecule has 0 bridgehead atoms. The highest BCUT2D eigenvalue weighted by molar-refractivity contribution is 6.14. The van der Waals surface area contributed by atoms with Crippen molar-refractivity contribution in [1.82, 2.24) is 0 Å². The lowest BCUT2D eigenvalue weighted by Gasteiger charge is -2.28. The average Bonchev–Trinajstić information content (AvgIpc) is 3.16. The van der Waals surface area contributed by atoms with Crippen LogP contribution in [0.3, 0.4) is 0 Å². The normalized spacial score (nSPS) is 11.3. The van der Waals surface area contributed by atoms with Crippen molar-refractivity contribution in [2.75, 3.05) is 9.80 Å². The van der Waals surface area contributed by atoms with Crippen LogP contribution >= 0.6 is 0 Å². The average molecular weight is 643 g/mol. The highest BCUT2D eigenvalue weighted by Crippen LogP contribution is 2.42. The van der Waals surface area contributed by atoms with Gasteiger partial charge in [-0.05, 0) is 119 Å². The maximum Gasteiger partial charge on any atom is 0.0546 e. The lowest BCUT2D eigenvalue weighted by atomic mass is 9.98. The zero-order valence-corrected chi connectivity index (χ0v) is 28.4. The number of fused-ring (bicyclic) bond motifs is 3. The van der Waals surface area contributed by atoms with Gasteiger partial charge >= 0.3 is 0 Å². The molecule has 0 N–H and O–H groups in total. The summed E-state index contributed by atoms with van der Waals surface area (Å²) in [5.74, 6) is 0. The topological polar surface area (TPSA) is 6.48 Å². The molecular formula is C48H38N2. The van der Waals surface area contributed by atoms with Gasteiger partial charge in [0.1, 0.15) is 0 Å². The quantitative estimate of drug-likeness (QED) is 0.120. The molecule has 0 amide bonds. The first-order valence-electron chi connectivity index (χ1n) is 17.2. The van der Waals surface area contributed by atoms with E-state index >= 15 is 0 Å². The first-order valence-corrected chi connectivity index (χ1v) is 17.2. The molecule has 8 aromatic rings. The molecule has 2 heteroatoms. The summed E-state index contributed by atoms with van der Waals surface area (Å²) in [6, 6.07) is 65.3. The third kappa shape index (κ3) is 6.27. The van der Waals surface area contributed by atoms with Crippen LogP contribution in [-0.4, -0.2) is 0 Å². The Morgan fingerprint density at radius 2 is 0.780 bits per heavy atom. The maximum atomic E-state index is 2.41. The predicted octanol–water partition coefficient (Wildman–Crippen LogP) is 13.7. The van der Waals surface area contributed by atoms with Gasteiger partial charge in [-0.3, -0.25) is 0 Å². The minimum atomic E-state index is 1.12. The van der Waals surface area contributed by atoms with E-state index in [2.05, 4.69) is 218 Å². The van der Waals surface area contributed by atoms with Crippen molar-refractivity contribution in [3.05, 3.63) is 204 Å². The van der Waals surface area contributed by atoms with Crippen LogP contribution in [0, 0.1) is 13.8 Å². The van der Waals surface area contributed by atoms with Gasteiger partial charge in [0, 0.05) is 33.8 Å². The molecule has 0 aliphatic carbocycles. The second-order valence-electron chi connectivity index (χ2n) is 12.9. The molecule has 0 aliphatic rings.